The number of piperidine rings is 2. The summed E-state index contributed by atoms with van der Waals surface area (Å²) in [5.41, 5.74) is 0. The molecule has 2 heterocycles. The Morgan fingerprint density at radius 3 is 2.53 bits per heavy atom. The summed E-state index contributed by atoms with van der Waals surface area (Å²) in [7, 11) is 2.21. The molecule has 0 aromatic rings. The van der Waals surface area contributed by atoms with Gasteiger partial charge in [0.15, 0.2) is 0 Å². The molecule has 0 aromatic carbocycles. The van der Waals surface area contributed by atoms with Crippen molar-refractivity contribution in [3.63, 3.8) is 0 Å². The van der Waals surface area contributed by atoms with Gasteiger partial charge < -0.3 is 10.0 Å². The Morgan fingerprint density at radius 2 is 1.87 bits per heavy atom. The number of hydrogen-bond donors (Lipinski definition) is 1. The third-order valence-corrected chi connectivity index (χ3v) is 4.01. The first-order chi connectivity index (χ1) is 7.29. The minimum Gasteiger partial charge on any atom is -0.396 e. The molecule has 88 valence electrons. The van der Waals surface area contributed by atoms with Crippen molar-refractivity contribution in [3.05, 3.63) is 0 Å². The molecule has 1 atom stereocenters. The Kier molecular flexibility index (Phi) is 4.00. The molecule has 3 heteroatoms. The number of aliphatic hydroxyl groups excluding tert-OH is 1. The van der Waals surface area contributed by atoms with Crippen LogP contribution >= 0.6 is 0 Å². The summed E-state index contributed by atoms with van der Waals surface area (Å²) in [5.74, 6) is 0.540. The molecule has 0 amide bonds. The maximum Gasteiger partial charge on any atom is 0.0471 e. The first kappa shape index (κ1) is 11.4. The molecule has 2 aliphatic heterocycles. The van der Waals surface area contributed by atoms with Crippen LogP contribution in [0.5, 0.6) is 0 Å². The van der Waals surface area contributed by atoms with Crippen LogP contribution < -0.4 is 0 Å². The second-order valence-electron chi connectivity index (χ2n) is 5.22. The van der Waals surface area contributed by atoms with E-state index in [1.54, 1.807) is 0 Å². The first-order valence-electron chi connectivity index (χ1n) is 6.33. The van der Waals surface area contributed by atoms with E-state index in [2.05, 4.69) is 16.8 Å². The highest BCUT2D eigenvalue weighted by molar-refractivity contribution is 4.82. The maximum atomic E-state index is 9.21. The second-order valence-corrected chi connectivity index (χ2v) is 5.22. The standard InChI is InChI=1S/C12H24N2O/c1-13-7-4-12(5-8-13)14-6-2-3-11(9-14)10-15/h11-12,15H,2-10H2,1H3. The summed E-state index contributed by atoms with van der Waals surface area (Å²) >= 11 is 0. The molecular weight excluding hydrogens is 188 g/mol. The number of hydrogen-bond acceptors (Lipinski definition) is 3. The SMILES string of the molecule is CN1CCC(N2CCCC(CO)C2)CC1. The van der Waals surface area contributed by atoms with Crippen LogP contribution in [0.3, 0.4) is 0 Å². The van der Waals surface area contributed by atoms with Crippen LogP contribution in [0.15, 0.2) is 0 Å². The fourth-order valence-electron chi connectivity index (χ4n) is 2.94. The van der Waals surface area contributed by atoms with Gasteiger partial charge in [-0.3, -0.25) is 4.90 Å². The Balaban J connectivity index is 1.82. The number of likely N-dealkylation sites (tertiary alicyclic amines) is 2. The van der Waals surface area contributed by atoms with E-state index in [1.165, 1.54) is 45.3 Å². The molecule has 1 N–H and O–H groups in total. The van der Waals surface area contributed by atoms with E-state index < -0.39 is 0 Å². The van der Waals surface area contributed by atoms with Crippen molar-refractivity contribution < 1.29 is 5.11 Å². The monoisotopic (exact) mass is 212 g/mol. The molecule has 2 fully saturated rings. The van der Waals surface area contributed by atoms with E-state index in [4.69, 9.17) is 0 Å². The van der Waals surface area contributed by atoms with Gasteiger partial charge >= 0.3 is 0 Å². The average Bonchev–Trinajstić information content (AvgIpc) is 2.30. The molecule has 2 saturated heterocycles. The molecule has 0 aromatic heterocycles. The summed E-state index contributed by atoms with van der Waals surface area (Å²) in [5, 5.41) is 9.21. The van der Waals surface area contributed by atoms with Crippen molar-refractivity contribution >= 4 is 0 Å². The van der Waals surface area contributed by atoms with Crippen LogP contribution in [-0.2, 0) is 0 Å². The number of aliphatic hydroxyl groups is 1. The van der Waals surface area contributed by atoms with E-state index in [0.717, 1.165) is 12.6 Å². The third-order valence-electron chi connectivity index (χ3n) is 4.01. The van der Waals surface area contributed by atoms with Gasteiger partial charge in [0.1, 0.15) is 0 Å². The summed E-state index contributed by atoms with van der Waals surface area (Å²) in [6, 6.07) is 0.788. The molecular formula is C12H24N2O. The fourth-order valence-corrected chi connectivity index (χ4v) is 2.94. The lowest BCUT2D eigenvalue weighted by Gasteiger charge is -2.41. The van der Waals surface area contributed by atoms with Crippen LogP contribution in [-0.4, -0.2) is 60.8 Å². The lowest BCUT2D eigenvalue weighted by molar-refractivity contribution is 0.0592. The molecule has 0 radical (unpaired) electrons. The lowest BCUT2D eigenvalue weighted by Crippen LogP contribution is -2.48. The van der Waals surface area contributed by atoms with Gasteiger partial charge in [-0.25, -0.2) is 0 Å². The Hall–Kier alpha value is -0.120. The molecule has 3 nitrogen and oxygen atoms in total. The molecule has 2 rings (SSSR count). The molecule has 0 saturated carbocycles. The zero-order valence-corrected chi connectivity index (χ0v) is 9.86. The summed E-state index contributed by atoms with van der Waals surface area (Å²) in [4.78, 5) is 5.04. The van der Waals surface area contributed by atoms with Gasteiger partial charge in [-0.15, -0.1) is 0 Å². The van der Waals surface area contributed by atoms with E-state index in [-0.39, 0.29) is 0 Å². The van der Waals surface area contributed by atoms with Gasteiger partial charge in [-0.2, -0.15) is 0 Å². The van der Waals surface area contributed by atoms with Gasteiger partial charge in [0.2, 0.25) is 0 Å². The minimum absolute atomic E-state index is 0.378. The van der Waals surface area contributed by atoms with Gasteiger partial charge in [0.25, 0.3) is 0 Å². The Labute approximate surface area is 93.1 Å². The van der Waals surface area contributed by atoms with Crippen molar-refractivity contribution in [1.29, 1.82) is 0 Å². The van der Waals surface area contributed by atoms with E-state index in [1.807, 2.05) is 0 Å². The van der Waals surface area contributed by atoms with Crippen LogP contribution in [0.4, 0.5) is 0 Å². The quantitative estimate of drug-likeness (QED) is 0.733. The number of nitrogens with zero attached hydrogens (tertiary/aromatic N) is 2. The zero-order chi connectivity index (χ0) is 10.7. The molecule has 2 aliphatic rings. The van der Waals surface area contributed by atoms with Crippen LogP contribution in [0.1, 0.15) is 25.7 Å². The largest absolute Gasteiger partial charge is 0.396 e. The molecule has 1 unspecified atom stereocenters. The fraction of sp³-hybridized carbons (Fsp3) is 1.00. The summed E-state index contributed by atoms with van der Waals surface area (Å²) < 4.78 is 0. The van der Waals surface area contributed by atoms with Crippen molar-refractivity contribution in [1.82, 2.24) is 9.80 Å². The molecule has 0 spiro atoms. The zero-order valence-electron chi connectivity index (χ0n) is 9.86. The Bertz CT molecular complexity index is 190. The predicted octanol–water partition coefficient (Wildman–Crippen LogP) is 0.785. The molecule has 0 aliphatic carbocycles. The maximum absolute atomic E-state index is 9.21. The van der Waals surface area contributed by atoms with Gasteiger partial charge in [0.05, 0.1) is 0 Å². The molecule has 0 bridgehead atoms. The number of rotatable bonds is 2. The Morgan fingerprint density at radius 1 is 1.13 bits per heavy atom. The van der Waals surface area contributed by atoms with E-state index in [0.29, 0.717) is 12.5 Å². The lowest BCUT2D eigenvalue weighted by atomic mass is 9.94. The van der Waals surface area contributed by atoms with Crippen LogP contribution in [0, 0.1) is 5.92 Å². The van der Waals surface area contributed by atoms with E-state index in [9.17, 15) is 5.11 Å². The highest BCUT2D eigenvalue weighted by atomic mass is 16.3. The topological polar surface area (TPSA) is 26.7 Å². The second kappa shape index (κ2) is 5.28. The van der Waals surface area contributed by atoms with E-state index >= 15 is 0 Å². The summed E-state index contributed by atoms with van der Waals surface area (Å²) in [6.07, 6.45) is 5.13. The van der Waals surface area contributed by atoms with Crippen molar-refractivity contribution in [2.24, 2.45) is 5.92 Å². The minimum atomic E-state index is 0.378. The van der Waals surface area contributed by atoms with Gasteiger partial charge in [0, 0.05) is 19.2 Å². The first-order valence-corrected chi connectivity index (χ1v) is 6.33. The van der Waals surface area contributed by atoms with Crippen molar-refractivity contribution in [3.8, 4) is 0 Å². The summed E-state index contributed by atoms with van der Waals surface area (Å²) in [6.45, 7) is 5.24. The predicted molar refractivity (Wildman–Crippen MR) is 61.9 cm³/mol. The van der Waals surface area contributed by atoms with Crippen molar-refractivity contribution in [2.45, 2.75) is 31.7 Å². The highest BCUT2D eigenvalue weighted by Gasteiger charge is 2.27. The average molecular weight is 212 g/mol. The van der Waals surface area contributed by atoms with Crippen molar-refractivity contribution in [2.75, 3.05) is 39.8 Å². The third kappa shape index (κ3) is 2.92. The normalized spacial score (nSPS) is 32.0. The highest BCUT2D eigenvalue weighted by Crippen LogP contribution is 2.22. The smallest absolute Gasteiger partial charge is 0.0471 e. The van der Waals surface area contributed by atoms with Gasteiger partial charge in [-0.1, -0.05) is 0 Å². The van der Waals surface area contributed by atoms with Crippen LogP contribution in [0.2, 0.25) is 0 Å². The van der Waals surface area contributed by atoms with Gasteiger partial charge in [-0.05, 0) is 58.3 Å². The molecule has 15 heavy (non-hydrogen) atoms. The van der Waals surface area contributed by atoms with Crippen LogP contribution in [0.25, 0.3) is 0 Å².